The number of nitrogens with zero attached hydrogens (tertiary/aromatic N) is 1. The predicted molar refractivity (Wildman–Crippen MR) is 44.7 cm³/mol. The van der Waals surface area contributed by atoms with Crippen LogP contribution in [0.5, 0.6) is 0 Å². The van der Waals surface area contributed by atoms with E-state index >= 15 is 0 Å². The van der Waals surface area contributed by atoms with E-state index in [9.17, 15) is 4.21 Å². The van der Waals surface area contributed by atoms with Crippen molar-refractivity contribution in [3.05, 3.63) is 0 Å². The largest absolute Gasteiger partial charge is 0.249 e. The summed E-state index contributed by atoms with van der Waals surface area (Å²) < 4.78 is 15.9. The van der Waals surface area contributed by atoms with E-state index in [0.29, 0.717) is 0 Å². The second-order valence-corrected chi connectivity index (χ2v) is 6.84. The Morgan fingerprint density at radius 2 is 2.00 bits per heavy atom. The molecule has 10 heavy (non-hydrogen) atoms. The van der Waals surface area contributed by atoms with Crippen LogP contribution in [0.3, 0.4) is 0 Å². The van der Waals surface area contributed by atoms with E-state index in [1.165, 1.54) is 0 Å². The Morgan fingerprint density at radius 3 is 2.20 bits per heavy atom. The first kappa shape index (κ1) is 8.05. The van der Waals surface area contributed by atoms with Crippen LogP contribution < -0.4 is 0 Å². The van der Waals surface area contributed by atoms with Crippen molar-refractivity contribution < 1.29 is 4.21 Å². The van der Waals surface area contributed by atoms with Gasteiger partial charge in [0.2, 0.25) is 0 Å². The summed E-state index contributed by atoms with van der Waals surface area (Å²) >= 11 is 0. The standard InChI is InChI=1S/C7H15NOS/c1-7(2,3)10(9)6-4-5-8-10/h4-6H2,1-3H3. The lowest BCUT2D eigenvalue weighted by Gasteiger charge is -2.20. The Labute approximate surface area is 63.2 Å². The zero-order valence-corrected chi connectivity index (χ0v) is 7.70. The summed E-state index contributed by atoms with van der Waals surface area (Å²) in [6, 6.07) is 0. The van der Waals surface area contributed by atoms with E-state index in [-0.39, 0.29) is 4.75 Å². The minimum atomic E-state index is -1.84. The average molecular weight is 161 g/mol. The summed E-state index contributed by atoms with van der Waals surface area (Å²) in [4.78, 5) is 0. The van der Waals surface area contributed by atoms with Crippen LogP contribution in [0.1, 0.15) is 27.2 Å². The molecular formula is C7H15NOS. The summed E-state index contributed by atoms with van der Waals surface area (Å²) in [5.74, 6) is 0.802. The molecule has 1 heterocycles. The highest BCUT2D eigenvalue weighted by Crippen LogP contribution is 2.23. The van der Waals surface area contributed by atoms with Crippen molar-refractivity contribution in [1.29, 1.82) is 0 Å². The Bertz CT molecular complexity index is 230. The minimum Gasteiger partial charge on any atom is -0.249 e. The molecule has 1 atom stereocenters. The van der Waals surface area contributed by atoms with E-state index < -0.39 is 9.73 Å². The second-order valence-electron chi connectivity index (χ2n) is 3.66. The van der Waals surface area contributed by atoms with Gasteiger partial charge >= 0.3 is 0 Å². The molecule has 0 bridgehead atoms. The smallest absolute Gasteiger partial charge is 0.0518 e. The molecule has 3 heteroatoms. The zero-order valence-electron chi connectivity index (χ0n) is 6.89. The van der Waals surface area contributed by atoms with Crippen LogP contribution in [-0.4, -0.2) is 21.3 Å². The molecule has 0 aliphatic carbocycles. The maximum atomic E-state index is 11.8. The molecule has 1 rings (SSSR count). The number of hydrogen-bond acceptors (Lipinski definition) is 2. The topological polar surface area (TPSA) is 29.4 Å². The Hall–Kier alpha value is -0.0500. The van der Waals surface area contributed by atoms with Crippen molar-refractivity contribution in [2.45, 2.75) is 31.9 Å². The molecule has 0 radical (unpaired) electrons. The molecule has 0 fully saturated rings. The van der Waals surface area contributed by atoms with E-state index in [1.807, 2.05) is 20.8 Å². The molecule has 1 aliphatic rings. The highest BCUT2D eigenvalue weighted by Gasteiger charge is 2.28. The lowest BCUT2D eigenvalue weighted by Crippen LogP contribution is -2.27. The molecule has 1 unspecified atom stereocenters. The number of hydrogen-bond donors (Lipinski definition) is 0. The second kappa shape index (κ2) is 2.22. The van der Waals surface area contributed by atoms with Crippen LogP contribution in [0.15, 0.2) is 4.36 Å². The fraction of sp³-hybridized carbons (Fsp3) is 1.00. The van der Waals surface area contributed by atoms with Crippen molar-refractivity contribution >= 4 is 9.73 Å². The summed E-state index contributed by atoms with van der Waals surface area (Å²) in [7, 11) is -1.84. The molecule has 0 amide bonds. The molecular weight excluding hydrogens is 146 g/mol. The van der Waals surface area contributed by atoms with Gasteiger partial charge in [0.25, 0.3) is 0 Å². The third kappa shape index (κ3) is 1.19. The van der Waals surface area contributed by atoms with Crippen molar-refractivity contribution in [1.82, 2.24) is 0 Å². The molecule has 60 valence electrons. The predicted octanol–water partition coefficient (Wildman–Crippen LogP) is 1.66. The van der Waals surface area contributed by atoms with Crippen LogP contribution >= 0.6 is 0 Å². The monoisotopic (exact) mass is 161 g/mol. The van der Waals surface area contributed by atoms with E-state index in [2.05, 4.69) is 4.36 Å². The summed E-state index contributed by atoms with van der Waals surface area (Å²) in [6.45, 7) is 6.81. The molecule has 0 N–H and O–H groups in total. The highest BCUT2D eigenvalue weighted by atomic mass is 32.2. The van der Waals surface area contributed by atoms with Crippen LogP contribution in [-0.2, 0) is 9.73 Å². The lowest BCUT2D eigenvalue weighted by atomic mass is 10.3. The Kier molecular flexibility index (Phi) is 1.79. The van der Waals surface area contributed by atoms with Gasteiger partial charge in [-0.3, -0.25) is 0 Å². The van der Waals surface area contributed by atoms with Crippen LogP contribution in [0, 0.1) is 0 Å². The van der Waals surface area contributed by atoms with Gasteiger partial charge in [-0.15, -0.1) is 0 Å². The van der Waals surface area contributed by atoms with Crippen molar-refractivity contribution in [2.24, 2.45) is 4.36 Å². The summed E-state index contributed by atoms with van der Waals surface area (Å²) in [5.41, 5.74) is 0. The Balaban J connectivity index is 3.00. The van der Waals surface area contributed by atoms with Crippen molar-refractivity contribution in [3.8, 4) is 0 Å². The molecule has 0 aromatic heterocycles. The van der Waals surface area contributed by atoms with E-state index in [0.717, 1.165) is 18.7 Å². The molecule has 0 aromatic rings. The molecule has 1 aliphatic heterocycles. The fourth-order valence-electron chi connectivity index (χ4n) is 1.04. The van der Waals surface area contributed by atoms with E-state index in [1.54, 1.807) is 0 Å². The normalized spacial score (nSPS) is 33.9. The van der Waals surface area contributed by atoms with Gasteiger partial charge in [0.15, 0.2) is 0 Å². The number of rotatable bonds is 0. The maximum absolute atomic E-state index is 11.8. The summed E-state index contributed by atoms with van der Waals surface area (Å²) in [6.07, 6.45) is 1.01. The quantitative estimate of drug-likeness (QED) is 0.531. The van der Waals surface area contributed by atoms with Gasteiger partial charge in [0.05, 0.1) is 9.73 Å². The third-order valence-electron chi connectivity index (χ3n) is 1.84. The molecule has 0 saturated carbocycles. The Morgan fingerprint density at radius 1 is 1.40 bits per heavy atom. The average Bonchev–Trinajstić information content (AvgIpc) is 2.13. The van der Waals surface area contributed by atoms with Crippen molar-refractivity contribution in [2.75, 3.05) is 12.3 Å². The summed E-state index contributed by atoms with van der Waals surface area (Å²) in [5, 5.41) is 0. The minimum absolute atomic E-state index is 0.122. The first-order chi connectivity index (χ1) is 4.46. The maximum Gasteiger partial charge on any atom is 0.0518 e. The van der Waals surface area contributed by atoms with Gasteiger partial charge in [-0.05, 0) is 27.2 Å². The van der Waals surface area contributed by atoms with Gasteiger partial charge in [-0.25, -0.2) is 8.57 Å². The van der Waals surface area contributed by atoms with Crippen LogP contribution in [0.25, 0.3) is 0 Å². The molecule has 2 nitrogen and oxygen atoms in total. The molecule has 0 spiro atoms. The van der Waals surface area contributed by atoms with E-state index in [4.69, 9.17) is 0 Å². The fourth-order valence-corrected chi connectivity index (χ4v) is 3.11. The van der Waals surface area contributed by atoms with Gasteiger partial charge in [-0.2, -0.15) is 0 Å². The molecule has 0 aromatic carbocycles. The van der Waals surface area contributed by atoms with Crippen LogP contribution in [0.4, 0.5) is 0 Å². The molecule has 0 saturated heterocycles. The highest BCUT2D eigenvalue weighted by molar-refractivity contribution is 7.95. The van der Waals surface area contributed by atoms with Gasteiger partial charge < -0.3 is 0 Å². The van der Waals surface area contributed by atoms with Crippen LogP contribution in [0.2, 0.25) is 0 Å². The third-order valence-corrected chi connectivity index (χ3v) is 5.19. The SMILES string of the molecule is CC(C)(C)S1(=O)=NCCC1. The first-order valence-corrected chi connectivity index (χ1v) is 5.34. The lowest BCUT2D eigenvalue weighted by molar-refractivity contribution is 0.643. The van der Waals surface area contributed by atoms with Crippen molar-refractivity contribution in [3.63, 3.8) is 0 Å². The zero-order chi connectivity index (χ0) is 7.83. The first-order valence-electron chi connectivity index (χ1n) is 3.66. The van der Waals surface area contributed by atoms with Gasteiger partial charge in [0, 0.05) is 17.0 Å². The van der Waals surface area contributed by atoms with Gasteiger partial charge in [0.1, 0.15) is 0 Å². The van der Waals surface area contributed by atoms with Gasteiger partial charge in [-0.1, -0.05) is 0 Å².